The molecule has 0 atom stereocenters. The number of aryl methyl sites for hydroxylation is 3. The van der Waals surface area contributed by atoms with E-state index in [1.807, 2.05) is 64.8 Å². The predicted octanol–water partition coefficient (Wildman–Crippen LogP) is 10.3. The van der Waals surface area contributed by atoms with Gasteiger partial charge >= 0.3 is 20.1 Å². The Morgan fingerprint density at radius 3 is 2.16 bits per heavy atom. The van der Waals surface area contributed by atoms with Gasteiger partial charge in [0.15, 0.2) is 0 Å². The molecular weight excluding hydrogens is 805 g/mol. The van der Waals surface area contributed by atoms with Crippen molar-refractivity contribution in [2.24, 2.45) is 7.05 Å². The van der Waals surface area contributed by atoms with E-state index in [4.69, 9.17) is 9.40 Å². The molecule has 0 bridgehead atoms. The van der Waals surface area contributed by atoms with Crippen molar-refractivity contribution in [1.29, 1.82) is 0 Å². The van der Waals surface area contributed by atoms with Gasteiger partial charge in [0, 0.05) is 33.1 Å². The molecule has 0 saturated carbocycles. The van der Waals surface area contributed by atoms with Gasteiger partial charge in [-0.3, -0.25) is 0 Å². The van der Waals surface area contributed by atoms with Crippen LogP contribution in [0.15, 0.2) is 132 Å². The maximum absolute atomic E-state index is 6.74. The average molecular weight is 835 g/mol. The van der Waals surface area contributed by atoms with Crippen molar-refractivity contribution in [2.75, 3.05) is 0 Å². The van der Waals surface area contributed by atoms with E-state index in [1.165, 1.54) is 49.2 Å². The molecule has 6 aromatic carbocycles. The van der Waals surface area contributed by atoms with E-state index in [2.05, 4.69) is 116 Å². The van der Waals surface area contributed by atoms with Crippen molar-refractivity contribution in [3.8, 4) is 16.9 Å². The Labute approximate surface area is 307 Å². The molecular formula is C45H30IrN4O+. The Hall–Kier alpha value is -5.81. The summed E-state index contributed by atoms with van der Waals surface area (Å²) in [5.41, 5.74) is 12.9. The molecule has 0 aliphatic heterocycles. The normalized spacial score (nSPS) is 11.7. The summed E-state index contributed by atoms with van der Waals surface area (Å²) in [6.45, 7) is 4.20. The first-order chi connectivity index (χ1) is 24.6. The van der Waals surface area contributed by atoms with Crippen LogP contribution in [0.1, 0.15) is 11.1 Å². The van der Waals surface area contributed by atoms with Crippen molar-refractivity contribution in [3.05, 3.63) is 157 Å². The average Bonchev–Trinajstić information content (AvgIpc) is 3.90. The molecule has 0 spiro atoms. The summed E-state index contributed by atoms with van der Waals surface area (Å²) in [6.07, 6.45) is 5.20. The predicted molar refractivity (Wildman–Crippen MR) is 202 cm³/mol. The van der Waals surface area contributed by atoms with Crippen LogP contribution >= 0.6 is 0 Å². The van der Waals surface area contributed by atoms with Crippen LogP contribution in [-0.2, 0) is 27.2 Å². The summed E-state index contributed by atoms with van der Waals surface area (Å²) < 4.78 is 13.1. The number of fused-ring (bicyclic) bond motifs is 11. The Bertz CT molecular complexity index is 3080. The zero-order chi connectivity index (χ0) is 33.5. The topological polar surface area (TPSA) is 39.2 Å². The van der Waals surface area contributed by atoms with E-state index < -0.39 is 0 Å². The molecule has 0 saturated heterocycles. The van der Waals surface area contributed by atoms with Crippen LogP contribution in [-0.4, -0.2) is 14.0 Å². The summed E-state index contributed by atoms with van der Waals surface area (Å²) in [5, 5.41) is 7.23. The Morgan fingerprint density at radius 2 is 1.33 bits per heavy atom. The second-order valence-corrected chi connectivity index (χ2v) is 13.0. The van der Waals surface area contributed by atoms with Crippen molar-refractivity contribution >= 4 is 71.1 Å². The number of nitrogens with zero attached hydrogens (tertiary/aromatic N) is 4. The molecule has 5 aromatic heterocycles. The third-order valence-corrected chi connectivity index (χ3v) is 10.1. The minimum atomic E-state index is 0. The largest absolute Gasteiger partial charge is 3.00 e. The molecule has 11 rings (SSSR count). The molecule has 51 heavy (non-hydrogen) atoms. The molecule has 0 aliphatic carbocycles. The minimum absolute atomic E-state index is 0. The first-order valence-electron chi connectivity index (χ1n) is 16.8. The maximum Gasteiger partial charge on any atom is 3.00 e. The van der Waals surface area contributed by atoms with Crippen LogP contribution in [0.2, 0.25) is 0 Å². The van der Waals surface area contributed by atoms with Gasteiger partial charge in [-0.25, -0.2) is 0 Å². The molecule has 0 fully saturated rings. The van der Waals surface area contributed by atoms with Crippen LogP contribution in [0.5, 0.6) is 0 Å². The van der Waals surface area contributed by atoms with Crippen LogP contribution in [0.25, 0.3) is 88.0 Å². The fourth-order valence-electron chi connectivity index (χ4n) is 7.55. The number of imidazole rings is 1. The van der Waals surface area contributed by atoms with Crippen LogP contribution in [0.4, 0.5) is 0 Å². The van der Waals surface area contributed by atoms with Gasteiger partial charge in [-0.1, -0.05) is 101 Å². The monoisotopic (exact) mass is 835 g/mol. The molecule has 6 heteroatoms. The fourth-order valence-corrected chi connectivity index (χ4v) is 7.55. The van der Waals surface area contributed by atoms with Gasteiger partial charge < -0.3 is 22.9 Å². The minimum Gasteiger partial charge on any atom is -0.498 e. The molecule has 244 valence electrons. The van der Waals surface area contributed by atoms with Crippen LogP contribution in [0, 0.1) is 32.3 Å². The number of hydrogen-bond donors (Lipinski definition) is 0. The quantitative estimate of drug-likeness (QED) is 0.129. The molecule has 0 amide bonds. The van der Waals surface area contributed by atoms with E-state index in [-0.39, 0.29) is 20.1 Å². The van der Waals surface area contributed by atoms with Gasteiger partial charge in [-0.15, -0.1) is 18.2 Å². The van der Waals surface area contributed by atoms with E-state index >= 15 is 0 Å². The Kier molecular flexibility index (Phi) is 7.28. The van der Waals surface area contributed by atoms with Gasteiger partial charge in [0.1, 0.15) is 5.58 Å². The van der Waals surface area contributed by atoms with Gasteiger partial charge in [0.05, 0.1) is 40.2 Å². The van der Waals surface area contributed by atoms with Gasteiger partial charge in [-0.2, -0.15) is 30.3 Å². The van der Waals surface area contributed by atoms with Gasteiger partial charge in [-0.05, 0) is 31.2 Å². The number of benzene rings is 6. The molecule has 5 nitrogen and oxygen atoms in total. The molecule has 0 radical (unpaired) electrons. The van der Waals surface area contributed by atoms with E-state index in [0.29, 0.717) is 0 Å². The standard InChI is InChI=1S/C31H19N2O.C14H11N2.Ir/c1-17-15-26(32-16-18(17)2)25-11-6-10-23-24-14-13-22-21-9-5-8-20-19-7-3-4-12-27(19)33(28(20)21)29(22)31(24)34-30(23)25;1-15-11-16(12-7-3-2-4-8-12)14-10-6-5-9-13(14)15;/h3-10,12-16H,1-2H3;2-7,9-10H,1H3;/q2*-1;+3. The Morgan fingerprint density at radius 1 is 0.627 bits per heavy atom. The third kappa shape index (κ3) is 4.64. The number of hydrogen-bond acceptors (Lipinski definition) is 2. The fraction of sp³-hybridized carbons (Fsp3) is 0.0667. The van der Waals surface area contributed by atoms with Gasteiger partial charge in [0.2, 0.25) is 6.33 Å². The van der Waals surface area contributed by atoms with Gasteiger partial charge in [0.25, 0.3) is 0 Å². The van der Waals surface area contributed by atoms with Crippen molar-refractivity contribution in [3.63, 3.8) is 0 Å². The number of aromatic nitrogens is 4. The number of pyridine rings is 1. The summed E-state index contributed by atoms with van der Waals surface area (Å²) >= 11 is 0. The Balaban J connectivity index is 0.000000173. The van der Waals surface area contributed by atoms with E-state index in [9.17, 15) is 0 Å². The second-order valence-electron chi connectivity index (χ2n) is 13.0. The first-order valence-corrected chi connectivity index (χ1v) is 16.8. The summed E-state index contributed by atoms with van der Waals surface area (Å²) in [5.74, 6) is 0. The molecule has 0 unspecified atom stereocenters. The summed E-state index contributed by atoms with van der Waals surface area (Å²) in [4.78, 5) is 4.70. The maximum atomic E-state index is 6.74. The summed E-state index contributed by atoms with van der Waals surface area (Å²) in [6, 6.07) is 48.7. The van der Waals surface area contributed by atoms with Crippen molar-refractivity contribution < 1.29 is 29.1 Å². The number of furan rings is 1. The second kappa shape index (κ2) is 11.9. The van der Waals surface area contributed by atoms with E-state index in [1.54, 1.807) is 0 Å². The third-order valence-electron chi connectivity index (χ3n) is 10.1. The number of para-hydroxylation sites is 5. The zero-order valence-electron chi connectivity index (χ0n) is 28.2. The SMILES string of the molecule is C[n+]1[c-]n(-c2[c-]cccc2)c2ccccc21.Cc1cnc(-c2[c-]ccc3c2oc2c3ccc3c4cccc5c6ccccc6n(c54)c32)cc1C.[Ir+3]. The summed E-state index contributed by atoms with van der Waals surface area (Å²) in [7, 11) is 2.00. The molecule has 0 aliphatic rings. The van der Waals surface area contributed by atoms with Crippen LogP contribution in [0.3, 0.4) is 0 Å². The van der Waals surface area contributed by atoms with Crippen molar-refractivity contribution in [1.82, 2.24) is 14.0 Å². The van der Waals surface area contributed by atoms with E-state index in [0.717, 1.165) is 49.9 Å². The number of rotatable bonds is 2. The molecule has 11 aromatic rings. The first kappa shape index (κ1) is 31.2. The smallest absolute Gasteiger partial charge is 0.498 e. The van der Waals surface area contributed by atoms with Crippen molar-refractivity contribution in [2.45, 2.75) is 13.8 Å². The molecule has 5 heterocycles. The molecule has 0 N–H and O–H groups in total. The van der Waals surface area contributed by atoms with Crippen LogP contribution < -0.4 is 4.57 Å². The zero-order valence-corrected chi connectivity index (χ0v) is 30.5.